The van der Waals surface area contributed by atoms with Crippen LogP contribution in [0.15, 0.2) is 24.0 Å². The summed E-state index contributed by atoms with van der Waals surface area (Å²) in [4.78, 5) is 0. The summed E-state index contributed by atoms with van der Waals surface area (Å²) in [6.07, 6.45) is 14.3. The number of unbranched alkanes of at least 4 members (excludes halogenated alkanes) is 3. The van der Waals surface area contributed by atoms with Gasteiger partial charge < -0.3 is 9.84 Å². The van der Waals surface area contributed by atoms with E-state index in [1.54, 1.807) is 7.11 Å². The maximum absolute atomic E-state index is 10.2. The molecule has 0 aromatic rings. The Labute approximate surface area is 134 Å². The molecular formula is C18H30N2O2. The molecule has 1 aliphatic heterocycles. The Bertz CT molecular complexity index is 448. The van der Waals surface area contributed by atoms with E-state index < -0.39 is 6.23 Å². The molecule has 5 atom stereocenters. The Hall–Kier alpha value is -0.840. The van der Waals surface area contributed by atoms with Crippen LogP contribution in [0.2, 0.25) is 0 Å². The van der Waals surface area contributed by atoms with Crippen LogP contribution in [0.1, 0.15) is 51.9 Å². The Morgan fingerprint density at radius 3 is 2.91 bits per heavy atom. The van der Waals surface area contributed by atoms with Crippen LogP contribution in [-0.2, 0) is 4.74 Å². The van der Waals surface area contributed by atoms with Gasteiger partial charge in [-0.2, -0.15) is 0 Å². The van der Waals surface area contributed by atoms with Gasteiger partial charge in [-0.15, -0.1) is 0 Å². The van der Waals surface area contributed by atoms with E-state index in [0.29, 0.717) is 0 Å². The minimum Gasteiger partial charge on any atom is -0.497 e. The molecule has 1 heterocycles. The predicted molar refractivity (Wildman–Crippen MR) is 88.0 cm³/mol. The van der Waals surface area contributed by atoms with Gasteiger partial charge in [0.2, 0.25) is 0 Å². The molecule has 1 saturated heterocycles. The summed E-state index contributed by atoms with van der Waals surface area (Å²) in [5.74, 6) is 2.85. The predicted octanol–water partition coefficient (Wildman–Crippen LogP) is 2.66. The Balaban J connectivity index is 1.28. The zero-order chi connectivity index (χ0) is 15.6. The van der Waals surface area contributed by atoms with E-state index >= 15 is 0 Å². The van der Waals surface area contributed by atoms with Gasteiger partial charge in [-0.25, -0.2) is 0 Å². The van der Waals surface area contributed by atoms with Gasteiger partial charge in [-0.05, 0) is 43.3 Å². The maximum Gasteiger partial charge on any atom is 0.117 e. The third kappa shape index (κ3) is 3.92. The molecule has 0 amide bonds. The third-order valence-electron chi connectivity index (χ3n) is 5.34. The number of ether oxygens (including phenoxy) is 1. The first kappa shape index (κ1) is 16.0. The SMILES string of the molecule is COC1=CC2(NC(O)CCCCCC[C@@H]3CC3C)NC2C=C1. The molecule has 0 aromatic heterocycles. The van der Waals surface area contributed by atoms with Crippen LogP contribution in [0.25, 0.3) is 0 Å². The number of allylic oxidation sites excluding steroid dienone is 1. The van der Waals surface area contributed by atoms with Crippen molar-refractivity contribution in [2.24, 2.45) is 11.8 Å². The summed E-state index contributed by atoms with van der Waals surface area (Å²) in [5, 5.41) is 16.9. The number of nitrogens with one attached hydrogen (secondary N) is 2. The first-order valence-electron chi connectivity index (χ1n) is 8.81. The lowest BCUT2D eigenvalue weighted by atomic mass is 10.1. The molecule has 2 fully saturated rings. The van der Waals surface area contributed by atoms with Crippen molar-refractivity contribution >= 4 is 0 Å². The summed E-state index contributed by atoms with van der Waals surface area (Å²) < 4.78 is 5.26. The molecule has 1 saturated carbocycles. The topological polar surface area (TPSA) is 63.4 Å². The summed E-state index contributed by atoms with van der Waals surface area (Å²) in [7, 11) is 1.67. The van der Waals surface area contributed by atoms with Gasteiger partial charge in [0, 0.05) is 0 Å². The molecule has 3 N–H and O–H groups in total. The minimum absolute atomic E-state index is 0.279. The molecule has 4 unspecified atom stereocenters. The zero-order valence-corrected chi connectivity index (χ0v) is 13.8. The molecule has 0 aromatic carbocycles. The van der Waals surface area contributed by atoms with Crippen molar-refractivity contribution < 1.29 is 9.84 Å². The lowest BCUT2D eigenvalue weighted by molar-refractivity contribution is 0.110. The normalized spacial score (nSPS) is 36.5. The van der Waals surface area contributed by atoms with Gasteiger partial charge in [0.25, 0.3) is 0 Å². The van der Waals surface area contributed by atoms with Crippen LogP contribution in [0.4, 0.5) is 0 Å². The highest BCUT2D eigenvalue weighted by molar-refractivity contribution is 5.39. The molecule has 0 bridgehead atoms. The lowest BCUT2D eigenvalue weighted by Gasteiger charge is -2.21. The fourth-order valence-corrected chi connectivity index (χ4v) is 3.56. The zero-order valence-electron chi connectivity index (χ0n) is 13.8. The number of rotatable bonds is 10. The second-order valence-corrected chi connectivity index (χ2v) is 7.23. The maximum atomic E-state index is 10.2. The molecule has 4 nitrogen and oxygen atoms in total. The van der Waals surface area contributed by atoms with Crippen molar-refractivity contribution in [2.45, 2.75) is 69.8 Å². The average Bonchev–Trinajstić information content (AvgIpc) is 3.38. The summed E-state index contributed by atoms with van der Waals surface area (Å²) in [6, 6.07) is 0.279. The van der Waals surface area contributed by atoms with Gasteiger partial charge in [0.05, 0.1) is 13.2 Å². The van der Waals surface area contributed by atoms with Crippen LogP contribution in [0, 0.1) is 11.8 Å². The molecule has 0 spiro atoms. The quantitative estimate of drug-likeness (QED) is 0.330. The monoisotopic (exact) mass is 306 g/mol. The van der Waals surface area contributed by atoms with E-state index in [0.717, 1.165) is 30.4 Å². The minimum atomic E-state index is -0.457. The lowest BCUT2D eigenvalue weighted by Crippen LogP contribution is -2.43. The molecule has 124 valence electrons. The van der Waals surface area contributed by atoms with Gasteiger partial charge >= 0.3 is 0 Å². The Morgan fingerprint density at radius 1 is 1.41 bits per heavy atom. The third-order valence-corrected chi connectivity index (χ3v) is 5.34. The van der Waals surface area contributed by atoms with Crippen LogP contribution < -0.4 is 10.6 Å². The molecule has 3 aliphatic rings. The second-order valence-electron chi connectivity index (χ2n) is 7.23. The first-order valence-corrected chi connectivity index (χ1v) is 8.81. The van der Waals surface area contributed by atoms with Crippen molar-refractivity contribution in [3.8, 4) is 0 Å². The van der Waals surface area contributed by atoms with Crippen molar-refractivity contribution in [3.05, 3.63) is 24.0 Å². The molecule has 2 aliphatic carbocycles. The molecule has 4 heteroatoms. The van der Waals surface area contributed by atoms with Crippen LogP contribution >= 0.6 is 0 Å². The molecule has 22 heavy (non-hydrogen) atoms. The molecular weight excluding hydrogens is 276 g/mol. The van der Waals surface area contributed by atoms with Crippen molar-refractivity contribution in [1.29, 1.82) is 0 Å². The number of fused-ring (bicyclic) bond motifs is 1. The van der Waals surface area contributed by atoms with E-state index in [9.17, 15) is 5.11 Å². The van der Waals surface area contributed by atoms with Gasteiger partial charge in [0.15, 0.2) is 0 Å². The van der Waals surface area contributed by atoms with Crippen LogP contribution in [0.3, 0.4) is 0 Å². The van der Waals surface area contributed by atoms with E-state index in [-0.39, 0.29) is 11.7 Å². The van der Waals surface area contributed by atoms with E-state index in [2.05, 4.69) is 23.6 Å². The van der Waals surface area contributed by atoms with Gasteiger partial charge in [-0.1, -0.05) is 38.7 Å². The van der Waals surface area contributed by atoms with Crippen LogP contribution in [-0.4, -0.2) is 30.1 Å². The largest absolute Gasteiger partial charge is 0.497 e. The second kappa shape index (κ2) is 6.73. The van der Waals surface area contributed by atoms with E-state index in [4.69, 9.17) is 4.74 Å². The highest BCUT2D eigenvalue weighted by atomic mass is 16.5. The van der Waals surface area contributed by atoms with E-state index in [1.807, 2.05) is 12.2 Å². The van der Waals surface area contributed by atoms with Crippen LogP contribution in [0.5, 0.6) is 0 Å². The van der Waals surface area contributed by atoms with Gasteiger partial charge in [0.1, 0.15) is 17.6 Å². The number of methoxy groups -OCH3 is 1. The standard InChI is InChI=1S/C18H30N2O2/c1-13-11-14(13)7-5-3-4-6-8-17(21)20-18-12-15(22-2)9-10-16(18)19-18/h9-10,12-14,16-17,19-21H,3-8,11H2,1-2H3/t13?,14-,16?,17?,18?/m1/s1. The number of hydrogen-bond donors (Lipinski definition) is 3. The number of aliphatic hydroxyl groups is 1. The Morgan fingerprint density at radius 2 is 2.18 bits per heavy atom. The fraction of sp³-hybridized carbons (Fsp3) is 0.778. The Kier molecular flexibility index (Phi) is 4.91. The van der Waals surface area contributed by atoms with Crippen molar-refractivity contribution in [1.82, 2.24) is 10.6 Å². The summed E-state index contributed by atoms with van der Waals surface area (Å²) in [6.45, 7) is 2.36. The average molecular weight is 306 g/mol. The van der Waals surface area contributed by atoms with Crippen molar-refractivity contribution in [2.75, 3.05) is 7.11 Å². The molecule has 0 radical (unpaired) electrons. The molecule has 3 rings (SSSR count). The first-order chi connectivity index (χ1) is 10.6. The van der Waals surface area contributed by atoms with Gasteiger partial charge in [-0.3, -0.25) is 10.6 Å². The summed E-state index contributed by atoms with van der Waals surface area (Å²) in [5.41, 5.74) is -0.290. The highest BCUT2D eigenvalue weighted by Gasteiger charge is 2.53. The smallest absolute Gasteiger partial charge is 0.117 e. The summed E-state index contributed by atoms with van der Waals surface area (Å²) >= 11 is 0. The number of aliphatic hydroxyl groups excluding tert-OH is 1. The van der Waals surface area contributed by atoms with Crippen molar-refractivity contribution in [3.63, 3.8) is 0 Å². The van der Waals surface area contributed by atoms with E-state index in [1.165, 1.54) is 32.1 Å². The highest BCUT2D eigenvalue weighted by Crippen LogP contribution is 2.41. The number of hydrogen-bond acceptors (Lipinski definition) is 4. The fourth-order valence-electron chi connectivity index (χ4n) is 3.56.